The highest BCUT2D eigenvalue weighted by molar-refractivity contribution is 5.33. The molecule has 0 saturated carbocycles. The molecule has 1 aliphatic heterocycles. The zero-order chi connectivity index (χ0) is 14.1. The minimum absolute atomic E-state index is 0.0678. The Morgan fingerprint density at radius 2 is 1.63 bits per heavy atom. The predicted molar refractivity (Wildman–Crippen MR) is 80.6 cm³/mol. The summed E-state index contributed by atoms with van der Waals surface area (Å²) in [5.74, 6) is 0. The van der Waals surface area contributed by atoms with Crippen LogP contribution in [0, 0.1) is 0 Å². The summed E-state index contributed by atoms with van der Waals surface area (Å²) in [6.07, 6.45) is 1.73. The van der Waals surface area contributed by atoms with Gasteiger partial charge in [0.1, 0.15) is 0 Å². The van der Waals surface area contributed by atoms with Crippen molar-refractivity contribution < 1.29 is 5.11 Å². The summed E-state index contributed by atoms with van der Waals surface area (Å²) in [5, 5.41) is 13.7. The van der Waals surface area contributed by atoms with Crippen molar-refractivity contribution in [3.05, 3.63) is 35.4 Å². The van der Waals surface area contributed by atoms with Crippen LogP contribution in [0.15, 0.2) is 24.3 Å². The number of aliphatic hydroxyl groups excluding tert-OH is 1. The summed E-state index contributed by atoms with van der Waals surface area (Å²) in [6.45, 7) is 10.6. The Labute approximate surface area is 117 Å². The molecule has 2 rings (SSSR count). The zero-order valence-electron chi connectivity index (χ0n) is 12.7. The van der Waals surface area contributed by atoms with E-state index in [0.29, 0.717) is 0 Å². The average Bonchev–Trinajstić information content (AvgIpc) is 2.38. The van der Waals surface area contributed by atoms with Crippen LogP contribution in [0.2, 0.25) is 0 Å². The first-order valence-electron chi connectivity index (χ1n) is 7.36. The van der Waals surface area contributed by atoms with Gasteiger partial charge < -0.3 is 10.4 Å². The van der Waals surface area contributed by atoms with Gasteiger partial charge in [-0.05, 0) is 49.4 Å². The Balaban J connectivity index is 2.33. The van der Waals surface area contributed by atoms with E-state index >= 15 is 0 Å². The summed E-state index contributed by atoms with van der Waals surface area (Å²) < 4.78 is 0. The molecule has 1 aliphatic rings. The maximum absolute atomic E-state index is 10.3. The van der Waals surface area contributed by atoms with Crippen molar-refractivity contribution in [2.75, 3.05) is 13.1 Å². The second-order valence-electron chi connectivity index (χ2n) is 6.91. The Kier molecular flexibility index (Phi) is 4.03. The highest BCUT2D eigenvalue weighted by atomic mass is 16.3. The molecule has 0 aliphatic carbocycles. The average molecular weight is 261 g/mol. The van der Waals surface area contributed by atoms with Crippen LogP contribution in [0.25, 0.3) is 0 Å². The van der Waals surface area contributed by atoms with Crippen molar-refractivity contribution >= 4 is 0 Å². The van der Waals surface area contributed by atoms with Crippen LogP contribution in [-0.2, 0) is 10.8 Å². The van der Waals surface area contributed by atoms with Gasteiger partial charge in [0.2, 0.25) is 0 Å². The highest BCUT2D eigenvalue weighted by Crippen LogP contribution is 2.37. The second-order valence-corrected chi connectivity index (χ2v) is 6.91. The molecule has 106 valence electrons. The fourth-order valence-electron chi connectivity index (χ4n) is 3.12. The molecule has 2 N–H and O–H groups in total. The molecule has 0 aromatic heterocycles. The number of benzene rings is 1. The van der Waals surface area contributed by atoms with Crippen LogP contribution in [0.4, 0.5) is 0 Å². The molecular formula is C17H27NO. The Hall–Kier alpha value is -0.860. The lowest BCUT2D eigenvalue weighted by atomic mass is 9.69. The molecule has 2 nitrogen and oxygen atoms in total. The van der Waals surface area contributed by atoms with Crippen LogP contribution in [0.3, 0.4) is 0 Å². The number of piperidine rings is 1. The number of hydrogen-bond donors (Lipinski definition) is 2. The third kappa shape index (κ3) is 2.85. The van der Waals surface area contributed by atoms with Crippen molar-refractivity contribution in [3.8, 4) is 0 Å². The maximum Gasteiger partial charge on any atom is 0.0609 e. The van der Waals surface area contributed by atoms with E-state index in [-0.39, 0.29) is 16.9 Å². The van der Waals surface area contributed by atoms with Crippen molar-refractivity contribution in [1.29, 1.82) is 0 Å². The van der Waals surface area contributed by atoms with Crippen LogP contribution < -0.4 is 5.32 Å². The lowest BCUT2D eigenvalue weighted by Gasteiger charge is -2.41. The quantitative estimate of drug-likeness (QED) is 0.858. The van der Waals surface area contributed by atoms with E-state index in [9.17, 15) is 5.11 Å². The molecule has 1 aromatic rings. The summed E-state index contributed by atoms with van der Waals surface area (Å²) in [5.41, 5.74) is 2.76. The molecule has 1 atom stereocenters. The molecule has 1 saturated heterocycles. The second kappa shape index (κ2) is 5.26. The van der Waals surface area contributed by atoms with E-state index in [1.165, 1.54) is 11.1 Å². The number of hydrogen-bond acceptors (Lipinski definition) is 2. The van der Waals surface area contributed by atoms with Crippen molar-refractivity contribution in [2.24, 2.45) is 0 Å². The smallest absolute Gasteiger partial charge is 0.0609 e. The Morgan fingerprint density at radius 3 is 2.05 bits per heavy atom. The summed E-state index contributed by atoms with van der Waals surface area (Å²) in [6, 6.07) is 8.89. The molecule has 1 fully saturated rings. The highest BCUT2D eigenvalue weighted by Gasteiger charge is 2.38. The third-order valence-electron chi connectivity index (χ3n) is 4.62. The molecule has 0 amide bonds. The lowest BCUT2D eigenvalue weighted by Crippen LogP contribution is -2.46. The number of rotatable bonds is 2. The molecule has 1 aromatic carbocycles. The van der Waals surface area contributed by atoms with Crippen molar-refractivity contribution in [2.45, 2.75) is 57.5 Å². The Bertz CT molecular complexity index is 408. The van der Waals surface area contributed by atoms with Gasteiger partial charge in [-0.15, -0.1) is 0 Å². The van der Waals surface area contributed by atoms with E-state index in [4.69, 9.17) is 0 Å². The van der Waals surface area contributed by atoms with Gasteiger partial charge in [0, 0.05) is 5.41 Å². The van der Waals surface area contributed by atoms with Gasteiger partial charge in [0.25, 0.3) is 0 Å². The normalized spacial score (nSPS) is 21.1. The van der Waals surface area contributed by atoms with E-state index in [1.54, 1.807) is 0 Å². The Morgan fingerprint density at radius 1 is 1.11 bits per heavy atom. The van der Waals surface area contributed by atoms with Gasteiger partial charge >= 0.3 is 0 Å². The molecule has 19 heavy (non-hydrogen) atoms. The molecule has 0 bridgehead atoms. The van der Waals surface area contributed by atoms with Crippen LogP contribution in [0.1, 0.15) is 51.7 Å². The summed E-state index contributed by atoms with van der Waals surface area (Å²) in [7, 11) is 0. The fraction of sp³-hybridized carbons (Fsp3) is 0.647. The standard InChI is InChI=1S/C17H27NO/c1-13(19)17(9-11-18-12-10-17)15-7-5-14(6-8-15)16(2,3)4/h5-8,13,18-19H,9-12H2,1-4H3. The van der Waals surface area contributed by atoms with Gasteiger partial charge in [-0.2, -0.15) is 0 Å². The number of nitrogens with one attached hydrogen (secondary N) is 1. The minimum atomic E-state index is -0.296. The monoisotopic (exact) mass is 261 g/mol. The van der Waals surface area contributed by atoms with Crippen LogP contribution >= 0.6 is 0 Å². The molecule has 0 radical (unpaired) electrons. The predicted octanol–water partition coefficient (Wildman–Crippen LogP) is 2.99. The molecule has 1 heterocycles. The van der Waals surface area contributed by atoms with E-state index < -0.39 is 0 Å². The summed E-state index contributed by atoms with van der Waals surface area (Å²) in [4.78, 5) is 0. The summed E-state index contributed by atoms with van der Waals surface area (Å²) >= 11 is 0. The van der Waals surface area contributed by atoms with E-state index in [0.717, 1.165) is 25.9 Å². The lowest BCUT2D eigenvalue weighted by molar-refractivity contribution is 0.0732. The van der Waals surface area contributed by atoms with Gasteiger partial charge in [-0.25, -0.2) is 0 Å². The number of aliphatic hydroxyl groups is 1. The first-order valence-corrected chi connectivity index (χ1v) is 7.36. The fourth-order valence-corrected chi connectivity index (χ4v) is 3.12. The van der Waals surface area contributed by atoms with Gasteiger partial charge in [0.05, 0.1) is 6.10 Å². The molecule has 0 spiro atoms. The van der Waals surface area contributed by atoms with Gasteiger partial charge in [0.15, 0.2) is 0 Å². The first-order chi connectivity index (χ1) is 8.86. The largest absolute Gasteiger partial charge is 0.392 e. The topological polar surface area (TPSA) is 32.3 Å². The first kappa shape index (κ1) is 14.5. The van der Waals surface area contributed by atoms with E-state index in [1.807, 2.05) is 6.92 Å². The zero-order valence-corrected chi connectivity index (χ0v) is 12.7. The van der Waals surface area contributed by atoms with Gasteiger partial charge in [-0.1, -0.05) is 45.0 Å². The van der Waals surface area contributed by atoms with E-state index in [2.05, 4.69) is 50.4 Å². The van der Waals surface area contributed by atoms with Crippen LogP contribution in [-0.4, -0.2) is 24.3 Å². The molecular weight excluding hydrogens is 234 g/mol. The molecule has 2 heteroatoms. The van der Waals surface area contributed by atoms with Crippen molar-refractivity contribution in [1.82, 2.24) is 5.32 Å². The SMILES string of the molecule is CC(O)C1(c2ccc(C(C)(C)C)cc2)CCNCC1. The molecule has 1 unspecified atom stereocenters. The van der Waals surface area contributed by atoms with Crippen molar-refractivity contribution in [3.63, 3.8) is 0 Å². The third-order valence-corrected chi connectivity index (χ3v) is 4.62. The minimum Gasteiger partial charge on any atom is -0.392 e. The van der Waals surface area contributed by atoms with Crippen LogP contribution in [0.5, 0.6) is 0 Å². The maximum atomic E-state index is 10.3. The van der Waals surface area contributed by atoms with Gasteiger partial charge in [-0.3, -0.25) is 0 Å².